The van der Waals surface area contributed by atoms with Crippen molar-refractivity contribution in [2.75, 3.05) is 18.5 Å². The molecule has 0 aliphatic rings. The monoisotopic (exact) mass is 321 g/mol. The van der Waals surface area contributed by atoms with Crippen LogP contribution in [0.5, 0.6) is 0 Å². The summed E-state index contributed by atoms with van der Waals surface area (Å²) in [4.78, 5) is 10.8. The van der Waals surface area contributed by atoms with Crippen molar-refractivity contribution in [3.05, 3.63) is 29.0 Å². The van der Waals surface area contributed by atoms with Crippen molar-refractivity contribution in [3.8, 4) is 0 Å². The van der Waals surface area contributed by atoms with E-state index in [-0.39, 0.29) is 11.8 Å². The molecular weight excluding hydrogens is 306 g/mol. The lowest BCUT2D eigenvalue weighted by atomic mass is 10.1. The topological polar surface area (TPSA) is 78.9 Å². The van der Waals surface area contributed by atoms with E-state index in [1.807, 2.05) is 26.1 Å². The fourth-order valence-corrected chi connectivity index (χ4v) is 2.23. The van der Waals surface area contributed by atoms with Crippen molar-refractivity contribution >= 4 is 38.5 Å². The fourth-order valence-electron chi connectivity index (χ4n) is 1.91. The maximum Gasteiger partial charge on any atom is 0.112 e. The Bertz CT molecular complexity index is 613. The minimum atomic E-state index is 0.00339. The molecule has 2 aromatic heterocycles. The molecule has 2 aromatic rings. The highest BCUT2D eigenvalue weighted by atomic mass is 79.9. The Balaban J connectivity index is 2.36. The number of aromatic nitrogens is 2. The van der Waals surface area contributed by atoms with E-state index in [9.17, 15) is 0 Å². The Morgan fingerprint density at radius 2 is 2.26 bits per heavy atom. The quantitative estimate of drug-likeness (QED) is 0.669. The van der Waals surface area contributed by atoms with E-state index in [1.165, 1.54) is 0 Å². The lowest BCUT2D eigenvalue weighted by Gasteiger charge is -2.23. The molecule has 19 heavy (non-hydrogen) atoms. The van der Waals surface area contributed by atoms with E-state index in [0.29, 0.717) is 6.54 Å². The van der Waals surface area contributed by atoms with Gasteiger partial charge in [0, 0.05) is 36.4 Å². The zero-order valence-corrected chi connectivity index (χ0v) is 12.5. The van der Waals surface area contributed by atoms with Crippen LogP contribution in [0.3, 0.4) is 0 Å². The average molecular weight is 322 g/mol. The number of hydrogen-bond acceptors (Lipinski definition) is 4. The third kappa shape index (κ3) is 3.01. The molecule has 6 heteroatoms. The molecule has 1 atom stereocenters. The van der Waals surface area contributed by atoms with Gasteiger partial charge in [0.1, 0.15) is 5.52 Å². The highest BCUT2D eigenvalue weighted by Gasteiger charge is 2.13. The Hall–Kier alpha value is -1.69. The molecule has 0 spiro atoms. The summed E-state index contributed by atoms with van der Waals surface area (Å²) in [6, 6.07) is 3.87. The van der Waals surface area contributed by atoms with E-state index in [2.05, 4.69) is 30.8 Å². The molecule has 1 unspecified atom stereocenters. The van der Waals surface area contributed by atoms with Gasteiger partial charge < -0.3 is 10.6 Å². The number of halogens is 1. The van der Waals surface area contributed by atoms with Crippen molar-refractivity contribution in [1.82, 2.24) is 9.97 Å². The number of anilines is 1. The molecule has 0 fully saturated rings. The zero-order chi connectivity index (χ0) is 14.0. The first-order valence-electron chi connectivity index (χ1n) is 5.94. The SMILES string of the molecule is CC(CN(C)c1ccnc2cc(Br)cnc12)C(=N)N. The second-order valence-corrected chi connectivity index (χ2v) is 5.50. The number of fused-ring (bicyclic) bond motifs is 1. The number of nitrogens with one attached hydrogen (secondary N) is 1. The highest BCUT2D eigenvalue weighted by molar-refractivity contribution is 9.10. The molecule has 5 nitrogen and oxygen atoms in total. The van der Waals surface area contributed by atoms with Gasteiger partial charge in [-0.15, -0.1) is 0 Å². The number of rotatable bonds is 4. The van der Waals surface area contributed by atoms with E-state index in [1.54, 1.807) is 12.4 Å². The predicted molar refractivity (Wildman–Crippen MR) is 81.6 cm³/mol. The van der Waals surface area contributed by atoms with Crippen LogP contribution >= 0.6 is 15.9 Å². The van der Waals surface area contributed by atoms with Crippen LogP contribution in [0.1, 0.15) is 6.92 Å². The van der Waals surface area contributed by atoms with Crippen LogP contribution < -0.4 is 10.6 Å². The molecule has 0 saturated heterocycles. The fraction of sp³-hybridized carbons (Fsp3) is 0.308. The van der Waals surface area contributed by atoms with Crippen LogP contribution in [-0.2, 0) is 0 Å². The number of nitrogens with zero attached hydrogens (tertiary/aromatic N) is 3. The summed E-state index contributed by atoms with van der Waals surface area (Å²) in [7, 11) is 1.97. The molecule has 0 saturated carbocycles. The molecule has 0 aliphatic carbocycles. The van der Waals surface area contributed by atoms with Crippen molar-refractivity contribution in [2.24, 2.45) is 11.7 Å². The third-order valence-corrected chi connectivity index (χ3v) is 3.45. The minimum Gasteiger partial charge on any atom is -0.387 e. The summed E-state index contributed by atoms with van der Waals surface area (Å²) >= 11 is 3.39. The first-order valence-corrected chi connectivity index (χ1v) is 6.73. The first kappa shape index (κ1) is 13.7. The molecule has 2 heterocycles. The number of amidine groups is 1. The summed E-state index contributed by atoms with van der Waals surface area (Å²) < 4.78 is 0.907. The van der Waals surface area contributed by atoms with Crippen molar-refractivity contribution in [1.29, 1.82) is 5.41 Å². The third-order valence-electron chi connectivity index (χ3n) is 3.01. The molecular formula is C13H16BrN5. The van der Waals surface area contributed by atoms with Crippen LogP contribution in [0.25, 0.3) is 11.0 Å². The van der Waals surface area contributed by atoms with Crippen LogP contribution in [0.2, 0.25) is 0 Å². The molecule has 100 valence electrons. The Labute approximate surface area is 120 Å². The van der Waals surface area contributed by atoms with Crippen molar-refractivity contribution in [2.45, 2.75) is 6.92 Å². The van der Waals surface area contributed by atoms with Gasteiger partial charge in [-0.2, -0.15) is 0 Å². The molecule has 2 rings (SSSR count). The van der Waals surface area contributed by atoms with E-state index >= 15 is 0 Å². The smallest absolute Gasteiger partial charge is 0.112 e. The summed E-state index contributed by atoms with van der Waals surface area (Å²) in [5, 5.41) is 7.46. The van der Waals surface area contributed by atoms with Gasteiger partial charge in [-0.25, -0.2) is 0 Å². The lowest BCUT2D eigenvalue weighted by Crippen LogP contribution is -2.32. The summed E-state index contributed by atoms with van der Waals surface area (Å²) in [5.41, 5.74) is 8.20. The van der Waals surface area contributed by atoms with Crippen LogP contribution in [0.15, 0.2) is 29.0 Å². The second-order valence-electron chi connectivity index (χ2n) is 4.59. The van der Waals surface area contributed by atoms with E-state index < -0.39 is 0 Å². The summed E-state index contributed by atoms with van der Waals surface area (Å²) in [6.07, 6.45) is 3.52. The number of nitrogens with two attached hydrogens (primary N) is 1. The Morgan fingerprint density at radius 3 is 2.95 bits per heavy atom. The molecule has 0 amide bonds. The van der Waals surface area contributed by atoms with Crippen LogP contribution in [0.4, 0.5) is 5.69 Å². The maximum absolute atomic E-state index is 7.46. The predicted octanol–water partition coefficient (Wildman–Crippen LogP) is 2.40. The zero-order valence-electron chi connectivity index (χ0n) is 10.9. The van der Waals surface area contributed by atoms with Crippen LogP contribution in [0, 0.1) is 11.3 Å². The maximum atomic E-state index is 7.46. The molecule has 0 radical (unpaired) electrons. The number of pyridine rings is 2. The van der Waals surface area contributed by atoms with E-state index in [4.69, 9.17) is 11.1 Å². The molecule has 0 aromatic carbocycles. The van der Waals surface area contributed by atoms with Gasteiger partial charge in [0.15, 0.2) is 0 Å². The van der Waals surface area contributed by atoms with Gasteiger partial charge in [-0.3, -0.25) is 15.4 Å². The van der Waals surface area contributed by atoms with Crippen molar-refractivity contribution in [3.63, 3.8) is 0 Å². The normalized spacial score (nSPS) is 12.4. The minimum absolute atomic E-state index is 0.00339. The lowest BCUT2D eigenvalue weighted by molar-refractivity contribution is 0.730. The molecule has 0 bridgehead atoms. The molecule has 0 aliphatic heterocycles. The Morgan fingerprint density at radius 1 is 1.53 bits per heavy atom. The second kappa shape index (κ2) is 5.52. The van der Waals surface area contributed by atoms with E-state index in [0.717, 1.165) is 21.2 Å². The summed E-state index contributed by atoms with van der Waals surface area (Å²) in [5.74, 6) is 0.199. The standard InChI is InChI=1S/C13H16BrN5/c1-8(13(15)16)7-19(2)11-3-4-17-10-5-9(14)6-18-12(10)11/h3-6,8H,7H2,1-2H3,(H3,15,16). The van der Waals surface area contributed by atoms with Gasteiger partial charge in [0.2, 0.25) is 0 Å². The van der Waals surface area contributed by atoms with Gasteiger partial charge in [-0.1, -0.05) is 6.92 Å². The van der Waals surface area contributed by atoms with Gasteiger partial charge in [0.05, 0.1) is 17.0 Å². The average Bonchev–Trinajstić information content (AvgIpc) is 2.37. The van der Waals surface area contributed by atoms with Gasteiger partial charge in [0.25, 0.3) is 0 Å². The first-order chi connectivity index (χ1) is 8.99. The highest BCUT2D eigenvalue weighted by Crippen LogP contribution is 2.25. The van der Waals surface area contributed by atoms with Crippen molar-refractivity contribution < 1.29 is 0 Å². The number of hydrogen-bond donors (Lipinski definition) is 2. The van der Waals surface area contributed by atoms with Gasteiger partial charge in [-0.05, 0) is 28.1 Å². The van der Waals surface area contributed by atoms with Crippen LogP contribution in [-0.4, -0.2) is 29.4 Å². The van der Waals surface area contributed by atoms with Gasteiger partial charge >= 0.3 is 0 Å². The Kier molecular flexibility index (Phi) is 3.99. The largest absolute Gasteiger partial charge is 0.387 e. The molecule has 3 N–H and O–H groups in total. The summed E-state index contributed by atoms with van der Waals surface area (Å²) in [6.45, 7) is 2.61.